The summed E-state index contributed by atoms with van der Waals surface area (Å²) < 4.78 is 1.05. The Balaban J connectivity index is 2.71. The Morgan fingerprint density at radius 2 is 2.42 bits per heavy atom. The molecule has 1 nitrogen and oxygen atoms in total. The lowest BCUT2D eigenvalue weighted by atomic mass is 10.2. The maximum absolute atomic E-state index is 5.05. The van der Waals surface area contributed by atoms with Crippen molar-refractivity contribution in [3.63, 3.8) is 0 Å². The molecule has 0 aromatic heterocycles. The van der Waals surface area contributed by atoms with Crippen LogP contribution in [-0.2, 0) is 0 Å². The molecule has 0 aliphatic rings. The molecule has 0 N–H and O–H groups in total. The molecule has 0 bridgehead atoms. The summed E-state index contributed by atoms with van der Waals surface area (Å²) in [5.74, 6) is 2.44. The zero-order chi connectivity index (χ0) is 8.81. The van der Waals surface area contributed by atoms with E-state index in [-0.39, 0.29) is 0 Å². The summed E-state index contributed by atoms with van der Waals surface area (Å²) in [6.07, 6.45) is 6.82. The van der Waals surface area contributed by atoms with Gasteiger partial charge in [-0.3, -0.25) is 4.99 Å². The zero-order valence-electron chi connectivity index (χ0n) is 6.50. The second-order valence-electron chi connectivity index (χ2n) is 2.23. The minimum atomic E-state index is 0.437. The molecule has 1 aromatic carbocycles. The Labute approximate surface area is 80.7 Å². The predicted octanol–water partition coefficient (Wildman–Crippen LogP) is 2.50. The van der Waals surface area contributed by atoms with Gasteiger partial charge in [-0.2, -0.15) is 0 Å². The highest BCUT2D eigenvalue weighted by molar-refractivity contribution is 9.10. The van der Waals surface area contributed by atoms with Gasteiger partial charge in [-0.15, -0.1) is 6.42 Å². The average Bonchev–Trinajstić information content (AvgIpc) is 2.05. The van der Waals surface area contributed by atoms with Gasteiger partial charge in [-0.05, 0) is 17.7 Å². The maximum Gasteiger partial charge on any atom is 0.0995 e. The van der Waals surface area contributed by atoms with Gasteiger partial charge in [0.15, 0.2) is 0 Å². The van der Waals surface area contributed by atoms with Crippen LogP contribution in [0.3, 0.4) is 0 Å². The molecule has 0 heterocycles. The van der Waals surface area contributed by atoms with Crippen LogP contribution in [0, 0.1) is 12.3 Å². The quantitative estimate of drug-likeness (QED) is 0.538. The number of terminal acetylenes is 1. The van der Waals surface area contributed by atoms with Gasteiger partial charge >= 0.3 is 0 Å². The number of rotatable bonds is 2. The van der Waals surface area contributed by atoms with Crippen LogP contribution in [0.4, 0.5) is 0 Å². The van der Waals surface area contributed by atoms with Crippen molar-refractivity contribution in [3.8, 4) is 12.3 Å². The average molecular weight is 222 g/mol. The van der Waals surface area contributed by atoms with E-state index >= 15 is 0 Å². The van der Waals surface area contributed by atoms with Crippen LogP contribution in [-0.4, -0.2) is 12.8 Å². The third-order valence-electron chi connectivity index (χ3n) is 1.27. The van der Waals surface area contributed by atoms with E-state index in [2.05, 4.69) is 26.8 Å². The molecule has 0 spiro atoms. The third-order valence-corrected chi connectivity index (χ3v) is 1.76. The third kappa shape index (κ3) is 2.89. The first-order valence-electron chi connectivity index (χ1n) is 3.52. The molecule has 0 amide bonds. The second-order valence-corrected chi connectivity index (χ2v) is 3.14. The van der Waals surface area contributed by atoms with Gasteiger partial charge in [0.1, 0.15) is 0 Å². The fourth-order valence-electron chi connectivity index (χ4n) is 0.791. The molecule has 12 heavy (non-hydrogen) atoms. The summed E-state index contributed by atoms with van der Waals surface area (Å²) in [6, 6.07) is 7.89. The van der Waals surface area contributed by atoms with Crippen LogP contribution >= 0.6 is 15.9 Å². The summed E-state index contributed by atoms with van der Waals surface area (Å²) >= 11 is 3.37. The lowest BCUT2D eigenvalue weighted by Crippen LogP contribution is -1.81. The Bertz CT molecular complexity index is 323. The highest BCUT2D eigenvalue weighted by Gasteiger charge is 1.87. The van der Waals surface area contributed by atoms with Crippen molar-refractivity contribution in [2.24, 2.45) is 4.99 Å². The molecule has 0 fully saturated rings. The largest absolute Gasteiger partial charge is 0.280 e. The Hall–Kier alpha value is -1.07. The summed E-state index contributed by atoms with van der Waals surface area (Å²) in [5.41, 5.74) is 1.06. The van der Waals surface area contributed by atoms with Gasteiger partial charge in [0.2, 0.25) is 0 Å². The standard InChI is InChI=1S/C10H8BrN/c1-2-6-12-8-9-4-3-5-10(11)7-9/h1,3-5,7-8H,6H2. The fraction of sp³-hybridized carbons (Fsp3) is 0.100. The maximum atomic E-state index is 5.05. The highest BCUT2D eigenvalue weighted by Crippen LogP contribution is 2.09. The van der Waals surface area contributed by atoms with Crippen LogP contribution in [0.5, 0.6) is 0 Å². The highest BCUT2D eigenvalue weighted by atomic mass is 79.9. The predicted molar refractivity (Wildman–Crippen MR) is 55.4 cm³/mol. The molecule has 0 aliphatic heterocycles. The van der Waals surface area contributed by atoms with Crippen LogP contribution in [0.1, 0.15) is 5.56 Å². The molecule has 0 saturated heterocycles. The number of aliphatic imine (C=N–C) groups is 1. The second kappa shape index (κ2) is 4.74. The molecule has 0 aliphatic carbocycles. The Kier molecular flexibility index (Phi) is 3.56. The molecule has 0 unspecified atom stereocenters. The fourth-order valence-corrected chi connectivity index (χ4v) is 1.21. The summed E-state index contributed by atoms with van der Waals surface area (Å²) in [5, 5.41) is 0. The SMILES string of the molecule is C#CCN=Cc1cccc(Br)c1. The summed E-state index contributed by atoms with van der Waals surface area (Å²) in [6.45, 7) is 0.437. The van der Waals surface area contributed by atoms with Crippen molar-refractivity contribution in [1.29, 1.82) is 0 Å². The first-order valence-corrected chi connectivity index (χ1v) is 4.31. The molecular formula is C10H8BrN. The van der Waals surface area contributed by atoms with Gasteiger partial charge in [0, 0.05) is 10.7 Å². The number of halogens is 1. The van der Waals surface area contributed by atoms with E-state index < -0.39 is 0 Å². The van der Waals surface area contributed by atoms with E-state index in [0.29, 0.717) is 6.54 Å². The van der Waals surface area contributed by atoms with Crippen LogP contribution in [0.25, 0.3) is 0 Å². The number of nitrogens with zero attached hydrogens (tertiary/aromatic N) is 1. The van der Waals surface area contributed by atoms with Crippen molar-refractivity contribution in [3.05, 3.63) is 34.3 Å². The van der Waals surface area contributed by atoms with E-state index in [0.717, 1.165) is 10.0 Å². The molecule has 2 heteroatoms. The first kappa shape index (κ1) is 9.02. The van der Waals surface area contributed by atoms with Gasteiger partial charge in [-0.25, -0.2) is 0 Å². The molecule has 60 valence electrons. The van der Waals surface area contributed by atoms with Crippen molar-refractivity contribution >= 4 is 22.1 Å². The molecule has 1 aromatic rings. The molecular weight excluding hydrogens is 214 g/mol. The first-order chi connectivity index (χ1) is 5.83. The van der Waals surface area contributed by atoms with Crippen LogP contribution in [0.15, 0.2) is 33.7 Å². The molecule has 0 saturated carbocycles. The normalized spacial score (nSPS) is 10.0. The van der Waals surface area contributed by atoms with Crippen LogP contribution < -0.4 is 0 Å². The van der Waals surface area contributed by atoms with E-state index in [1.807, 2.05) is 24.3 Å². The van der Waals surface area contributed by atoms with E-state index in [9.17, 15) is 0 Å². The monoisotopic (exact) mass is 221 g/mol. The zero-order valence-corrected chi connectivity index (χ0v) is 8.08. The molecule has 1 rings (SSSR count). The van der Waals surface area contributed by atoms with Gasteiger partial charge in [0.25, 0.3) is 0 Å². The Morgan fingerprint density at radius 1 is 1.58 bits per heavy atom. The van der Waals surface area contributed by atoms with E-state index in [1.165, 1.54) is 0 Å². The number of benzene rings is 1. The number of hydrogen-bond donors (Lipinski definition) is 0. The lowest BCUT2D eigenvalue weighted by Gasteiger charge is -1.92. The van der Waals surface area contributed by atoms with Gasteiger partial charge in [-0.1, -0.05) is 34.0 Å². The van der Waals surface area contributed by atoms with Crippen molar-refractivity contribution in [2.45, 2.75) is 0 Å². The molecule has 0 radical (unpaired) electrons. The minimum Gasteiger partial charge on any atom is -0.280 e. The van der Waals surface area contributed by atoms with Crippen molar-refractivity contribution in [1.82, 2.24) is 0 Å². The van der Waals surface area contributed by atoms with E-state index in [1.54, 1.807) is 6.21 Å². The number of hydrogen-bond acceptors (Lipinski definition) is 1. The minimum absolute atomic E-state index is 0.437. The topological polar surface area (TPSA) is 12.4 Å². The van der Waals surface area contributed by atoms with Crippen LogP contribution in [0.2, 0.25) is 0 Å². The summed E-state index contributed by atoms with van der Waals surface area (Å²) in [4.78, 5) is 4.02. The van der Waals surface area contributed by atoms with Gasteiger partial charge < -0.3 is 0 Å². The Morgan fingerprint density at radius 3 is 3.08 bits per heavy atom. The van der Waals surface area contributed by atoms with E-state index in [4.69, 9.17) is 6.42 Å². The smallest absolute Gasteiger partial charge is 0.0995 e. The van der Waals surface area contributed by atoms with Gasteiger partial charge in [0.05, 0.1) is 6.54 Å². The van der Waals surface area contributed by atoms with Crippen molar-refractivity contribution in [2.75, 3.05) is 6.54 Å². The summed E-state index contributed by atoms with van der Waals surface area (Å²) in [7, 11) is 0. The molecule has 0 atom stereocenters. The van der Waals surface area contributed by atoms with Crippen molar-refractivity contribution < 1.29 is 0 Å². The lowest BCUT2D eigenvalue weighted by molar-refractivity contribution is 1.30.